The van der Waals surface area contributed by atoms with E-state index < -0.39 is 0 Å². The molecule has 0 radical (unpaired) electrons. The molecule has 2 aromatic carbocycles. The lowest BCUT2D eigenvalue weighted by molar-refractivity contribution is 0.628. The van der Waals surface area contributed by atoms with Gasteiger partial charge in [0, 0.05) is 16.7 Å². The Bertz CT molecular complexity index is 1030. The zero-order chi connectivity index (χ0) is 18.3. The molecule has 4 rings (SSSR count). The van der Waals surface area contributed by atoms with Crippen LogP contribution in [0.2, 0.25) is 0 Å². The van der Waals surface area contributed by atoms with Gasteiger partial charge in [0.2, 0.25) is 5.95 Å². The van der Waals surface area contributed by atoms with Gasteiger partial charge in [0.25, 0.3) is 0 Å². The van der Waals surface area contributed by atoms with E-state index >= 15 is 0 Å². The number of benzene rings is 2. The first-order chi connectivity index (χ1) is 12.5. The van der Waals surface area contributed by atoms with Crippen molar-refractivity contribution in [3.8, 4) is 11.3 Å². The van der Waals surface area contributed by atoms with Crippen molar-refractivity contribution < 1.29 is 4.39 Å². The fourth-order valence-corrected chi connectivity index (χ4v) is 3.22. The molecule has 0 saturated heterocycles. The summed E-state index contributed by atoms with van der Waals surface area (Å²) < 4.78 is 14.6. The van der Waals surface area contributed by atoms with E-state index in [1.54, 1.807) is 18.3 Å². The van der Waals surface area contributed by atoms with Crippen molar-refractivity contribution >= 4 is 17.5 Å². The van der Waals surface area contributed by atoms with E-state index in [9.17, 15) is 4.39 Å². The van der Waals surface area contributed by atoms with Gasteiger partial charge in [0.15, 0.2) is 0 Å². The molecular formula is C19H17FN6. The largest absolute Gasteiger partial charge is 0.384 e. The molecule has 26 heavy (non-hydrogen) atoms. The lowest BCUT2D eigenvalue weighted by Crippen LogP contribution is -2.13. The van der Waals surface area contributed by atoms with Crippen LogP contribution in [0.25, 0.3) is 11.3 Å². The third kappa shape index (κ3) is 2.73. The topological polar surface area (TPSA) is 106 Å². The smallest absolute Gasteiger partial charge is 0.221 e. The maximum absolute atomic E-state index is 13.1. The lowest BCUT2D eigenvalue weighted by Gasteiger charge is -2.06. The van der Waals surface area contributed by atoms with Crippen LogP contribution in [0, 0.1) is 11.2 Å². The van der Waals surface area contributed by atoms with Gasteiger partial charge in [0.1, 0.15) is 11.7 Å². The van der Waals surface area contributed by atoms with Gasteiger partial charge in [-0.05, 0) is 42.7 Å². The van der Waals surface area contributed by atoms with Gasteiger partial charge >= 0.3 is 0 Å². The summed E-state index contributed by atoms with van der Waals surface area (Å²) >= 11 is 0. The summed E-state index contributed by atoms with van der Waals surface area (Å²) in [5.74, 6) is 0.0158. The molecule has 5 N–H and O–H groups in total. The molecule has 0 amide bonds. The molecule has 0 fully saturated rings. The fourth-order valence-electron chi connectivity index (χ4n) is 3.22. The second-order valence-electron chi connectivity index (χ2n) is 6.13. The maximum atomic E-state index is 13.1. The lowest BCUT2D eigenvalue weighted by atomic mass is 10.0. The average molecular weight is 348 g/mol. The number of hydrogen-bond acceptors (Lipinski definition) is 4. The minimum atomic E-state index is -0.301. The highest BCUT2D eigenvalue weighted by Crippen LogP contribution is 2.27. The Hall–Kier alpha value is -3.48. The number of hydrogen-bond donors (Lipinski definition) is 3. The number of aromatic nitrogens is 2. The van der Waals surface area contributed by atoms with E-state index in [0.717, 1.165) is 40.8 Å². The van der Waals surface area contributed by atoms with Crippen molar-refractivity contribution in [1.29, 1.82) is 5.41 Å². The van der Waals surface area contributed by atoms with Gasteiger partial charge in [-0.15, -0.1) is 0 Å². The number of rotatable bonds is 3. The third-order valence-electron chi connectivity index (χ3n) is 4.47. The summed E-state index contributed by atoms with van der Waals surface area (Å²) in [7, 11) is 0. The quantitative estimate of drug-likeness (QED) is 0.500. The summed E-state index contributed by atoms with van der Waals surface area (Å²) in [5.41, 5.74) is 16.7. The van der Waals surface area contributed by atoms with Crippen LogP contribution in [0.3, 0.4) is 0 Å². The molecule has 1 heterocycles. The first-order valence-electron chi connectivity index (χ1n) is 8.18. The number of amidine groups is 1. The van der Waals surface area contributed by atoms with E-state index in [1.165, 1.54) is 16.8 Å². The van der Waals surface area contributed by atoms with Crippen molar-refractivity contribution in [3.05, 3.63) is 71.2 Å². The number of nitrogens with zero attached hydrogens (tertiary/aromatic N) is 3. The van der Waals surface area contributed by atoms with E-state index in [1.807, 2.05) is 18.2 Å². The van der Waals surface area contributed by atoms with Crippen molar-refractivity contribution in [3.63, 3.8) is 0 Å². The number of nitrogens with two attached hydrogens (primary N) is 2. The van der Waals surface area contributed by atoms with Gasteiger partial charge in [-0.1, -0.05) is 18.2 Å². The summed E-state index contributed by atoms with van der Waals surface area (Å²) in [4.78, 5) is 4.31. The highest BCUT2D eigenvalue weighted by atomic mass is 19.1. The minimum absolute atomic E-state index is 0.0591. The highest BCUT2D eigenvalue weighted by Gasteiger charge is 2.22. The number of nitrogen functional groups attached to an aromatic ring is 2. The summed E-state index contributed by atoms with van der Waals surface area (Å²) in [5, 5.41) is 12.3. The minimum Gasteiger partial charge on any atom is -0.384 e. The normalized spacial score (nSPS) is 14.6. The molecule has 130 valence electrons. The summed E-state index contributed by atoms with van der Waals surface area (Å²) in [6.45, 7) is 0. The zero-order valence-corrected chi connectivity index (χ0v) is 13.9. The predicted molar refractivity (Wildman–Crippen MR) is 99.7 cm³/mol. The monoisotopic (exact) mass is 348 g/mol. The van der Waals surface area contributed by atoms with Gasteiger partial charge in [-0.3, -0.25) is 5.41 Å². The fraction of sp³-hybridized carbons (Fsp3) is 0.105. The Morgan fingerprint density at radius 3 is 2.65 bits per heavy atom. The van der Waals surface area contributed by atoms with Crippen LogP contribution in [0.4, 0.5) is 10.3 Å². The van der Waals surface area contributed by atoms with Gasteiger partial charge in [-0.25, -0.2) is 14.1 Å². The molecule has 0 bridgehead atoms. The molecule has 0 spiro atoms. The number of anilines is 1. The molecule has 3 aromatic rings. The second-order valence-corrected chi connectivity index (χ2v) is 6.13. The Balaban J connectivity index is 1.72. The molecule has 0 atom stereocenters. The number of imidazole rings is 1. The molecule has 7 heteroatoms. The van der Waals surface area contributed by atoms with Crippen molar-refractivity contribution in [2.75, 3.05) is 5.73 Å². The van der Waals surface area contributed by atoms with E-state index in [4.69, 9.17) is 16.9 Å². The first-order valence-corrected chi connectivity index (χ1v) is 8.18. The zero-order valence-electron chi connectivity index (χ0n) is 13.9. The van der Waals surface area contributed by atoms with Crippen LogP contribution >= 0.6 is 0 Å². The molecule has 1 aliphatic rings. The molecule has 0 saturated carbocycles. The number of fused-ring (bicyclic) bond motifs is 1. The molecule has 0 unspecified atom stereocenters. The van der Waals surface area contributed by atoms with Gasteiger partial charge < -0.3 is 11.5 Å². The summed E-state index contributed by atoms with van der Waals surface area (Å²) in [6.07, 6.45) is 3.24. The van der Waals surface area contributed by atoms with E-state index in [-0.39, 0.29) is 17.6 Å². The van der Waals surface area contributed by atoms with Gasteiger partial charge in [-0.2, -0.15) is 5.10 Å². The Kier molecular flexibility index (Phi) is 3.76. The predicted octanol–water partition coefficient (Wildman–Crippen LogP) is 2.75. The van der Waals surface area contributed by atoms with Crippen LogP contribution in [-0.4, -0.2) is 21.2 Å². The van der Waals surface area contributed by atoms with E-state index in [0.29, 0.717) is 5.69 Å². The molecular weight excluding hydrogens is 331 g/mol. The molecule has 6 nitrogen and oxygen atoms in total. The van der Waals surface area contributed by atoms with Crippen LogP contribution in [0.1, 0.15) is 23.1 Å². The Morgan fingerprint density at radius 2 is 1.92 bits per heavy atom. The molecule has 1 aliphatic carbocycles. The van der Waals surface area contributed by atoms with Gasteiger partial charge in [0.05, 0.1) is 17.6 Å². The van der Waals surface area contributed by atoms with Crippen molar-refractivity contribution in [1.82, 2.24) is 9.66 Å². The highest BCUT2D eigenvalue weighted by molar-refractivity contribution is 6.08. The maximum Gasteiger partial charge on any atom is 0.221 e. The van der Waals surface area contributed by atoms with E-state index in [2.05, 4.69) is 10.1 Å². The number of halogens is 1. The Labute approximate surface area is 149 Å². The summed E-state index contributed by atoms with van der Waals surface area (Å²) in [6, 6.07) is 11.8. The number of nitrogens with one attached hydrogen (secondary N) is 1. The molecule has 0 aliphatic heterocycles. The van der Waals surface area contributed by atoms with Crippen LogP contribution in [0.5, 0.6) is 0 Å². The second kappa shape index (κ2) is 6.11. The van der Waals surface area contributed by atoms with Crippen molar-refractivity contribution in [2.24, 2.45) is 10.8 Å². The average Bonchev–Trinajstić information content (AvgIpc) is 3.20. The standard InChI is InChI=1S/C19H17FN6/c20-12-6-4-11(5-7-12)17-10-26(19(23)24-17)25-16-9-8-13-14(16)2-1-3-15(13)18(21)22/h1-7,10H,8-9H2,(H3,21,22)(H2,23,24)/b25-16+. The SMILES string of the molecule is N=C(N)c1cccc2c1CC/C2=N\n1cc(-c2ccc(F)cc2)nc1N. The van der Waals surface area contributed by atoms with Crippen molar-refractivity contribution in [2.45, 2.75) is 12.8 Å². The van der Waals surface area contributed by atoms with Crippen LogP contribution in [0.15, 0.2) is 53.8 Å². The molecule has 1 aromatic heterocycles. The van der Waals surface area contributed by atoms with Crippen LogP contribution < -0.4 is 11.5 Å². The van der Waals surface area contributed by atoms with Crippen LogP contribution in [-0.2, 0) is 6.42 Å². The third-order valence-corrected chi connectivity index (χ3v) is 4.47. The Morgan fingerprint density at radius 1 is 1.15 bits per heavy atom. The first kappa shape index (κ1) is 16.0.